The van der Waals surface area contributed by atoms with Crippen LogP contribution in [0.5, 0.6) is 5.75 Å². The van der Waals surface area contributed by atoms with Crippen LogP contribution in [0, 0.1) is 0 Å². The van der Waals surface area contributed by atoms with E-state index in [4.69, 9.17) is 16.3 Å². The molecule has 1 N–H and O–H groups in total. The molecule has 0 bridgehead atoms. The van der Waals surface area contributed by atoms with E-state index in [0.717, 1.165) is 59.1 Å². The molecule has 2 aromatic rings. The summed E-state index contributed by atoms with van der Waals surface area (Å²) in [5.74, 6) is 1.59. The average Bonchev–Trinajstić information content (AvgIpc) is 2.88. The first-order valence-corrected chi connectivity index (χ1v) is 14.0. The van der Waals surface area contributed by atoms with E-state index >= 15 is 0 Å². The highest BCUT2D eigenvalue weighted by molar-refractivity contribution is 7.99. The summed E-state index contributed by atoms with van der Waals surface area (Å²) in [4.78, 5) is 29.6. The van der Waals surface area contributed by atoms with Crippen molar-refractivity contribution in [3.63, 3.8) is 0 Å². The molecule has 0 heterocycles. The number of halogens is 1. The van der Waals surface area contributed by atoms with Crippen molar-refractivity contribution < 1.29 is 14.3 Å². The zero-order chi connectivity index (χ0) is 25.0. The van der Waals surface area contributed by atoms with Gasteiger partial charge in [-0.25, -0.2) is 0 Å². The highest BCUT2D eigenvalue weighted by atomic mass is 35.5. The number of thioether (sulfide) groups is 1. The van der Waals surface area contributed by atoms with Crippen LogP contribution in [-0.4, -0.2) is 41.7 Å². The Kier molecular flexibility index (Phi) is 11.3. The van der Waals surface area contributed by atoms with Gasteiger partial charge in [0.05, 0.1) is 7.11 Å². The van der Waals surface area contributed by atoms with Gasteiger partial charge in [-0.1, -0.05) is 49.9 Å². The topological polar surface area (TPSA) is 58.6 Å². The van der Waals surface area contributed by atoms with Crippen molar-refractivity contribution in [2.75, 3.05) is 12.9 Å². The Balaban J connectivity index is 1.65. The number of rotatable bonds is 12. The van der Waals surface area contributed by atoms with Crippen LogP contribution >= 0.6 is 23.4 Å². The van der Waals surface area contributed by atoms with Gasteiger partial charge in [0.1, 0.15) is 11.8 Å². The zero-order valence-corrected chi connectivity index (χ0v) is 22.4. The second-order valence-corrected chi connectivity index (χ2v) is 10.6. The number of hydrogen-bond acceptors (Lipinski definition) is 4. The summed E-state index contributed by atoms with van der Waals surface area (Å²) in [7, 11) is 1.63. The van der Waals surface area contributed by atoms with Crippen LogP contribution in [0.4, 0.5) is 0 Å². The molecule has 1 atom stereocenters. The summed E-state index contributed by atoms with van der Waals surface area (Å²) in [5.41, 5.74) is 0.985. The molecule has 1 aliphatic rings. The molecule has 7 heteroatoms. The number of carbonyl (C=O) groups is 2. The lowest BCUT2D eigenvalue weighted by molar-refractivity contribution is -0.141. The standard InChI is InChI=1S/C28H37ClN2O3S/c1-3-26(28(33)30-23-8-5-4-6-9-23)31(20-21-11-15-24(34-2)16-12-21)27(32)10-7-19-35-25-17-13-22(29)14-18-25/h11-18,23,26H,3-10,19-20H2,1-2H3,(H,30,33). The Morgan fingerprint density at radius 3 is 2.40 bits per heavy atom. The number of nitrogens with one attached hydrogen (secondary N) is 1. The maximum absolute atomic E-state index is 13.4. The number of hydrogen-bond donors (Lipinski definition) is 1. The summed E-state index contributed by atoms with van der Waals surface area (Å²) in [6.45, 7) is 2.39. The number of carbonyl (C=O) groups excluding carboxylic acids is 2. The molecule has 3 rings (SSSR count). The molecule has 1 aliphatic carbocycles. The van der Waals surface area contributed by atoms with E-state index in [1.165, 1.54) is 6.42 Å². The van der Waals surface area contributed by atoms with Gasteiger partial charge in [-0.2, -0.15) is 0 Å². The van der Waals surface area contributed by atoms with Gasteiger partial charge in [-0.3, -0.25) is 9.59 Å². The average molecular weight is 517 g/mol. The molecule has 1 saturated carbocycles. The number of ether oxygens (including phenoxy) is 1. The largest absolute Gasteiger partial charge is 0.497 e. The quantitative estimate of drug-likeness (QED) is 0.259. The highest BCUT2D eigenvalue weighted by Crippen LogP contribution is 2.23. The summed E-state index contributed by atoms with van der Waals surface area (Å²) in [6.07, 6.45) is 7.33. The molecular formula is C28H37ClN2O3S. The predicted molar refractivity (Wildman–Crippen MR) is 144 cm³/mol. The second kappa shape index (κ2) is 14.4. The van der Waals surface area contributed by atoms with Crippen LogP contribution in [0.1, 0.15) is 63.9 Å². The van der Waals surface area contributed by atoms with Crippen LogP contribution < -0.4 is 10.1 Å². The van der Waals surface area contributed by atoms with E-state index in [-0.39, 0.29) is 17.9 Å². The number of benzene rings is 2. The first-order chi connectivity index (χ1) is 17.0. The van der Waals surface area contributed by atoms with Gasteiger partial charge >= 0.3 is 0 Å². The smallest absolute Gasteiger partial charge is 0.243 e. The molecule has 1 fully saturated rings. The predicted octanol–water partition coefficient (Wildman–Crippen LogP) is 6.48. The Hall–Kier alpha value is -2.18. The minimum atomic E-state index is -0.476. The molecule has 1 unspecified atom stereocenters. The first-order valence-electron chi connectivity index (χ1n) is 12.6. The Morgan fingerprint density at radius 2 is 1.77 bits per heavy atom. The fourth-order valence-electron chi connectivity index (χ4n) is 4.48. The molecule has 5 nitrogen and oxygen atoms in total. The normalized spacial score (nSPS) is 14.8. The van der Waals surface area contributed by atoms with Gasteiger partial charge in [0.15, 0.2) is 0 Å². The Bertz CT molecular complexity index is 930. The molecule has 190 valence electrons. The van der Waals surface area contributed by atoms with Crippen LogP contribution in [0.3, 0.4) is 0 Å². The fourth-order valence-corrected chi connectivity index (χ4v) is 5.46. The summed E-state index contributed by atoms with van der Waals surface area (Å²) >= 11 is 7.68. The molecule has 2 aromatic carbocycles. The van der Waals surface area contributed by atoms with Gasteiger partial charge in [0.25, 0.3) is 0 Å². The van der Waals surface area contributed by atoms with E-state index in [2.05, 4.69) is 5.32 Å². The molecular weight excluding hydrogens is 480 g/mol. The number of methoxy groups -OCH3 is 1. The molecule has 35 heavy (non-hydrogen) atoms. The van der Waals surface area contributed by atoms with Gasteiger partial charge in [-0.15, -0.1) is 11.8 Å². The highest BCUT2D eigenvalue weighted by Gasteiger charge is 2.30. The van der Waals surface area contributed by atoms with Crippen molar-refractivity contribution in [2.45, 2.75) is 81.8 Å². The summed E-state index contributed by atoms with van der Waals surface area (Å²) in [6, 6.07) is 15.2. The zero-order valence-electron chi connectivity index (χ0n) is 20.8. The van der Waals surface area contributed by atoms with Gasteiger partial charge in [0, 0.05) is 28.9 Å². The molecule has 0 aliphatic heterocycles. The maximum Gasteiger partial charge on any atom is 0.243 e. The molecule has 0 spiro atoms. The Morgan fingerprint density at radius 1 is 1.09 bits per heavy atom. The number of nitrogens with zero attached hydrogens (tertiary/aromatic N) is 1. The Labute approximate surface area is 218 Å². The van der Waals surface area contributed by atoms with E-state index in [0.29, 0.717) is 19.4 Å². The van der Waals surface area contributed by atoms with Crippen LogP contribution in [0.25, 0.3) is 0 Å². The first kappa shape index (κ1) is 27.4. The van der Waals surface area contributed by atoms with Crippen molar-refractivity contribution in [3.8, 4) is 5.75 Å². The summed E-state index contributed by atoms with van der Waals surface area (Å²) < 4.78 is 5.27. The third-order valence-corrected chi connectivity index (χ3v) is 7.82. The van der Waals surface area contributed by atoms with Crippen LogP contribution in [0.2, 0.25) is 5.02 Å². The van der Waals surface area contributed by atoms with Crippen LogP contribution in [0.15, 0.2) is 53.4 Å². The van der Waals surface area contributed by atoms with Crippen LogP contribution in [-0.2, 0) is 16.1 Å². The van der Waals surface area contributed by atoms with E-state index in [1.54, 1.807) is 23.8 Å². The van der Waals surface area contributed by atoms with Crippen molar-refractivity contribution in [1.82, 2.24) is 10.2 Å². The lowest BCUT2D eigenvalue weighted by Gasteiger charge is -2.33. The lowest BCUT2D eigenvalue weighted by atomic mass is 9.95. The fraction of sp³-hybridized carbons (Fsp3) is 0.500. The van der Waals surface area contributed by atoms with E-state index < -0.39 is 6.04 Å². The van der Waals surface area contributed by atoms with Crippen molar-refractivity contribution in [1.29, 1.82) is 0 Å². The second-order valence-electron chi connectivity index (χ2n) is 9.04. The third kappa shape index (κ3) is 8.76. The minimum absolute atomic E-state index is 0.0168. The van der Waals surface area contributed by atoms with Gasteiger partial charge in [-0.05, 0) is 73.4 Å². The molecule has 0 saturated heterocycles. The van der Waals surface area contributed by atoms with Crippen molar-refractivity contribution >= 4 is 35.2 Å². The van der Waals surface area contributed by atoms with E-state index in [1.807, 2.05) is 55.5 Å². The maximum atomic E-state index is 13.4. The minimum Gasteiger partial charge on any atom is -0.497 e. The van der Waals surface area contributed by atoms with Gasteiger partial charge < -0.3 is 15.0 Å². The molecule has 2 amide bonds. The van der Waals surface area contributed by atoms with Crippen molar-refractivity contribution in [3.05, 3.63) is 59.1 Å². The monoisotopic (exact) mass is 516 g/mol. The lowest BCUT2D eigenvalue weighted by Crippen LogP contribution is -2.51. The third-order valence-electron chi connectivity index (χ3n) is 6.47. The molecule has 0 aromatic heterocycles. The SMILES string of the molecule is CCC(C(=O)NC1CCCCC1)N(Cc1ccc(OC)cc1)C(=O)CCCSc1ccc(Cl)cc1. The van der Waals surface area contributed by atoms with Gasteiger partial charge in [0.2, 0.25) is 11.8 Å². The number of amides is 2. The molecule has 0 radical (unpaired) electrons. The van der Waals surface area contributed by atoms with Crippen molar-refractivity contribution in [2.24, 2.45) is 0 Å². The van der Waals surface area contributed by atoms with E-state index in [9.17, 15) is 9.59 Å². The summed E-state index contributed by atoms with van der Waals surface area (Å²) in [5, 5.41) is 3.95.